The van der Waals surface area contributed by atoms with Crippen LogP contribution >= 0.6 is 0 Å². The molecule has 0 amide bonds. The molecule has 0 fully saturated rings. The number of benzene rings is 7. The smallest absolute Gasteiger partial charge is 0.0546 e. The summed E-state index contributed by atoms with van der Waals surface area (Å²) >= 11 is 0. The van der Waals surface area contributed by atoms with Crippen molar-refractivity contribution in [2.75, 3.05) is 4.90 Å². The summed E-state index contributed by atoms with van der Waals surface area (Å²) in [4.78, 5) is 2.46. The van der Waals surface area contributed by atoms with E-state index < -0.39 is 0 Å². The standard InChI is InChI=1S/C38H27N/c1-3-15-28(16-4-1)32-21-11-13-25-36(32)39(37-26-14-12-22-33(37)29-17-5-2-6-18-29)38-27-30-19-7-8-20-31(30)34-23-9-10-24-35(34)38/h1-27H. The summed E-state index contributed by atoms with van der Waals surface area (Å²) in [7, 11) is 0. The molecule has 0 bridgehead atoms. The average molecular weight is 498 g/mol. The van der Waals surface area contributed by atoms with Gasteiger partial charge in [-0.3, -0.25) is 0 Å². The highest BCUT2D eigenvalue weighted by Crippen LogP contribution is 2.47. The molecule has 0 saturated carbocycles. The molecule has 1 heteroatoms. The SMILES string of the molecule is c1ccc(-c2ccccc2N(c2ccccc2-c2ccccc2)c2cc3ccccc3c3ccccc23)cc1. The minimum absolute atomic E-state index is 1.15. The maximum Gasteiger partial charge on any atom is 0.0546 e. The van der Waals surface area contributed by atoms with Gasteiger partial charge >= 0.3 is 0 Å². The molecule has 0 aliphatic heterocycles. The average Bonchev–Trinajstić information content (AvgIpc) is 3.03. The Balaban J connectivity index is 1.60. The second-order valence-corrected chi connectivity index (χ2v) is 9.76. The van der Waals surface area contributed by atoms with E-state index in [0.29, 0.717) is 0 Å². The lowest BCUT2D eigenvalue weighted by atomic mass is 9.96. The first-order valence-corrected chi connectivity index (χ1v) is 13.4. The van der Waals surface area contributed by atoms with Gasteiger partial charge < -0.3 is 4.90 Å². The van der Waals surface area contributed by atoms with Crippen molar-refractivity contribution >= 4 is 38.6 Å². The molecule has 0 saturated heterocycles. The quantitative estimate of drug-likeness (QED) is 0.214. The number of para-hydroxylation sites is 2. The molecular formula is C38H27N. The summed E-state index contributed by atoms with van der Waals surface area (Å²) in [5.74, 6) is 0. The summed E-state index contributed by atoms with van der Waals surface area (Å²) in [5.41, 5.74) is 8.23. The van der Waals surface area contributed by atoms with Crippen molar-refractivity contribution in [1.29, 1.82) is 0 Å². The van der Waals surface area contributed by atoms with Crippen molar-refractivity contribution in [3.8, 4) is 22.3 Å². The normalized spacial score (nSPS) is 11.1. The zero-order valence-corrected chi connectivity index (χ0v) is 21.5. The first kappa shape index (κ1) is 23.0. The third kappa shape index (κ3) is 4.15. The van der Waals surface area contributed by atoms with Crippen molar-refractivity contribution in [3.05, 3.63) is 164 Å². The van der Waals surface area contributed by atoms with Crippen LogP contribution < -0.4 is 4.90 Å². The monoisotopic (exact) mass is 497 g/mol. The number of rotatable bonds is 5. The van der Waals surface area contributed by atoms with E-state index in [1.165, 1.54) is 43.8 Å². The largest absolute Gasteiger partial charge is 0.309 e. The van der Waals surface area contributed by atoms with Crippen molar-refractivity contribution in [2.45, 2.75) is 0 Å². The van der Waals surface area contributed by atoms with E-state index in [0.717, 1.165) is 17.1 Å². The number of hydrogen-bond acceptors (Lipinski definition) is 1. The highest BCUT2D eigenvalue weighted by Gasteiger charge is 2.22. The van der Waals surface area contributed by atoms with E-state index in [4.69, 9.17) is 0 Å². The lowest BCUT2D eigenvalue weighted by Crippen LogP contribution is -2.13. The summed E-state index contributed by atoms with van der Waals surface area (Å²) in [6, 6.07) is 58.7. The summed E-state index contributed by atoms with van der Waals surface area (Å²) in [5, 5.41) is 4.97. The van der Waals surface area contributed by atoms with Gasteiger partial charge in [0.15, 0.2) is 0 Å². The molecule has 184 valence electrons. The molecule has 7 aromatic rings. The summed E-state index contributed by atoms with van der Waals surface area (Å²) in [6.07, 6.45) is 0. The molecule has 0 radical (unpaired) electrons. The molecule has 0 heterocycles. The zero-order valence-electron chi connectivity index (χ0n) is 21.5. The Kier molecular flexibility index (Phi) is 5.88. The predicted molar refractivity (Wildman–Crippen MR) is 167 cm³/mol. The van der Waals surface area contributed by atoms with Gasteiger partial charge in [-0.2, -0.15) is 0 Å². The Morgan fingerprint density at radius 2 is 0.744 bits per heavy atom. The first-order chi connectivity index (χ1) is 19.4. The minimum Gasteiger partial charge on any atom is -0.309 e. The molecule has 0 spiro atoms. The van der Waals surface area contributed by atoms with Gasteiger partial charge in [0.05, 0.1) is 17.1 Å². The summed E-state index contributed by atoms with van der Waals surface area (Å²) < 4.78 is 0. The van der Waals surface area contributed by atoms with E-state index in [-0.39, 0.29) is 0 Å². The molecule has 0 unspecified atom stereocenters. The van der Waals surface area contributed by atoms with Crippen LogP contribution in [0.5, 0.6) is 0 Å². The van der Waals surface area contributed by atoms with Crippen LogP contribution in [-0.4, -0.2) is 0 Å². The van der Waals surface area contributed by atoms with E-state index in [2.05, 4.69) is 169 Å². The van der Waals surface area contributed by atoms with Gasteiger partial charge in [-0.25, -0.2) is 0 Å². The Labute approximate surface area is 229 Å². The van der Waals surface area contributed by atoms with Crippen LogP contribution in [0.2, 0.25) is 0 Å². The number of fused-ring (bicyclic) bond motifs is 3. The molecule has 39 heavy (non-hydrogen) atoms. The molecule has 0 aliphatic rings. The number of hydrogen-bond donors (Lipinski definition) is 0. The molecule has 0 N–H and O–H groups in total. The van der Waals surface area contributed by atoms with Gasteiger partial charge in [-0.05, 0) is 45.5 Å². The molecular weight excluding hydrogens is 470 g/mol. The number of nitrogens with zero attached hydrogens (tertiary/aromatic N) is 1. The maximum atomic E-state index is 2.46. The van der Waals surface area contributed by atoms with Crippen LogP contribution in [0.1, 0.15) is 0 Å². The fourth-order valence-electron chi connectivity index (χ4n) is 5.67. The molecule has 0 aliphatic carbocycles. The van der Waals surface area contributed by atoms with Gasteiger partial charge in [0.25, 0.3) is 0 Å². The van der Waals surface area contributed by atoms with Gasteiger partial charge in [0.1, 0.15) is 0 Å². The van der Waals surface area contributed by atoms with Gasteiger partial charge in [0.2, 0.25) is 0 Å². The topological polar surface area (TPSA) is 3.24 Å². The molecule has 1 nitrogen and oxygen atoms in total. The van der Waals surface area contributed by atoms with Crippen LogP contribution in [0, 0.1) is 0 Å². The lowest BCUT2D eigenvalue weighted by Gasteiger charge is -2.31. The Morgan fingerprint density at radius 3 is 1.33 bits per heavy atom. The molecule has 7 aromatic carbocycles. The third-order valence-electron chi connectivity index (χ3n) is 7.45. The highest BCUT2D eigenvalue weighted by atomic mass is 15.1. The predicted octanol–water partition coefficient (Wildman–Crippen LogP) is 10.8. The van der Waals surface area contributed by atoms with Crippen molar-refractivity contribution < 1.29 is 0 Å². The fraction of sp³-hybridized carbons (Fsp3) is 0. The van der Waals surface area contributed by atoms with Gasteiger partial charge in [0, 0.05) is 16.5 Å². The molecule has 7 rings (SSSR count). The van der Waals surface area contributed by atoms with Crippen LogP contribution in [-0.2, 0) is 0 Å². The van der Waals surface area contributed by atoms with E-state index >= 15 is 0 Å². The Hall–Kier alpha value is -5.14. The van der Waals surface area contributed by atoms with Crippen molar-refractivity contribution in [1.82, 2.24) is 0 Å². The zero-order chi connectivity index (χ0) is 26.0. The minimum atomic E-state index is 1.15. The maximum absolute atomic E-state index is 2.46. The highest BCUT2D eigenvalue weighted by molar-refractivity contribution is 6.15. The van der Waals surface area contributed by atoms with E-state index in [9.17, 15) is 0 Å². The molecule has 0 atom stereocenters. The van der Waals surface area contributed by atoms with Crippen LogP contribution in [0.25, 0.3) is 43.8 Å². The van der Waals surface area contributed by atoms with Crippen molar-refractivity contribution in [2.24, 2.45) is 0 Å². The molecule has 0 aromatic heterocycles. The van der Waals surface area contributed by atoms with Crippen molar-refractivity contribution in [3.63, 3.8) is 0 Å². The van der Waals surface area contributed by atoms with E-state index in [1.54, 1.807) is 0 Å². The van der Waals surface area contributed by atoms with Gasteiger partial charge in [-0.15, -0.1) is 0 Å². The number of anilines is 3. The fourth-order valence-corrected chi connectivity index (χ4v) is 5.67. The van der Waals surface area contributed by atoms with Crippen LogP contribution in [0.15, 0.2) is 164 Å². The first-order valence-electron chi connectivity index (χ1n) is 13.4. The second-order valence-electron chi connectivity index (χ2n) is 9.76. The summed E-state index contributed by atoms with van der Waals surface area (Å²) in [6.45, 7) is 0. The van der Waals surface area contributed by atoms with Crippen LogP contribution in [0.4, 0.5) is 17.1 Å². The Bertz CT molecular complexity index is 1820. The van der Waals surface area contributed by atoms with E-state index in [1.807, 2.05) is 0 Å². The Morgan fingerprint density at radius 1 is 0.308 bits per heavy atom. The van der Waals surface area contributed by atoms with Gasteiger partial charge in [-0.1, -0.05) is 146 Å². The lowest BCUT2D eigenvalue weighted by molar-refractivity contribution is 1.30. The van der Waals surface area contributed by atoms with Crippen LogP contribution in [0.3, 0.4) is 0 Å². The third-order valence-corrected chi connectivity index (χ3v) is 7.45. The second kappa shape index (κ2) is 9.96.